The minimum Gasteiger partial charge on any atom is -0.459 e. The number of rotatable bonds is 5. The molecular weight excluding hydrogens is 414 g/mol. The van der Waals surface area contributed by atoms with Gasteiger partial charge in [-0.25, -0.2) is 17.7 Å². The molecule has 0 atom stereocenters. The number of halogens is 1. The van der Waals surface area contributed by atoms with Crippen molar-refractivity contribution in [3.8, 4) is 11.3 Å². The lowest BCUT2D eigenvalue weighted by Crippen LogP contribution is -2.40. The second-order valence-corrected chi connectivity index (χ2v) is 8.61. The zero-order valence-corrected chi connectivity index (χ0v) is 16.7. The molecule has 0 saturated carbocycles. The number of carbonyl (C=O) groups excluding carboxylic acids is 1. The highest BCUT2D eigenvalue weighted by Gasteiger charge is 2.29. The Labute approximate surface area is 172 Å². The molecule has 0 aliphatic carbocycles. The molecule has 1 N–H and O–H groups in total. The first kappa shape index (κ1) is 19.2. The summed E-state index contributed by atoms with van der Waals surface area (Å²) in [5, 5.41) is 3.29. The zero-order chi connectivity index (χ0) is 20.4. The Morgan fingerprint density at radius 1 is 1.07 bits per heavy atom. The van der Waals surface area contributed by atoms with E-state index in [2.05, 4.69) is 10.3 Å². The van der Waals surface area contributed by atoms with Gasteiger partial charge in [0.1, 0.15) is 29.3 Å². The maximum absolute atomic E-state index is 12.6. The van der Waals surface area contributed by atoms with E-state index >= 15 is 0 Å². The van der Waals surface area contributed by atoms with E-state index in [0.717, 1.165) is 16.2 Å². The van der Waals surface area contributed by atoms with Crippen molar-refractivity contribution in [3.63, 3.8) is 0 Å². The molecule has 2 heterocycles. The molecule has 0 saturated heterocycles. The summed E-state index contributed by atoms with van der Waals surface area (Å²) in [5.41, 5.74) is 1.22. The van der Waals surface area contributed by atoms with Crippen LogP contribution >= 0.6 is 11.6 Å². The van der Waals surface area contributed by atoms with Crippen molar-refractivity contribution < 1.29 is 17.6 Å². The molecule has 9 heteroatoms. The fraction of sp³-hybridized carbons (Fsp3) is 0.100. The van der Waals surface area contributed by atoms with Crippen molar-refractivity contribution in [2.45, 2.75) is 11.4 Å². The monoisotopic (exact) mass is 429 g/mol. The highest BCUT2D eigenvalue weighted by Crippen LogP contribution is 2.29. The minimum absolute atomic E-state index is 0.0777. The van der Waals surface area contributed by atoms with E-state index in [4.69, 9.17) is 16.0 Å². The number of hydrogen-bond donors (Lipinski definition) is 1. The molecule has 7 nitrogen and oxygen atoms in total. The number of aliphatic imine (C=N–C) groups is 1. The zero-order valence-electron chi connectivity index (χ0n) is 15.1. The molecule has 1 aliphatic rings. The van der Waals surface area contributed by atoms with Gasteiger partial charge in [0.2, 0.25) is 5.91 Å². The van der Waals surface area contributed by atoms with Crippen LogP contribution in [0, 0.1) is 0 Å². The molecule has 0 unspecified atom stereocenters. The van der Waals surface area contributed by atoms with Gasteiger partial charge in [0, 0.05) is 10.6 Å². The molecule has 1 aromatic heterocycles. The fourth-order valence-corrected chi connectivity index (χ4v) is 4.32. The van der Waals surface area contributed by atoms with Gasteiger partial charge >= 0.3 is 0 Å². The van der Waals surface area contributed by atoms with Crippen LogP contribution in [0.2, 0.25) is 5.02 Å². The van der Waals surface area contributed by atoms with Crippen LogP contribution in [0.4, 0.5) is 5.69 Å². The molecule has 4 rings (SSSR count). The smallest absolute Gasteiger partial charge is 0.267 e. The largest absolute Gasteiger partial charge is 0.459 e. The van der Waals surface area contributed by atoms with Crippen LogP contribution in [0.3, 0.4) is 0 Å². The Morgan fingerprint density at radius 3 is 2.62 bits per heavy atom. The third-order valence-electron chi connectivity index (χ3n) is 4.33. The van der Waals surface area contributed by atoms with Gasteiger partial charge in [-0.05, 0) is 48.5 Å². The third-order valence-corrected chi connectivity index (χ3v) is 6.32. The quantitative estimate of drug-likeness (QED) is 0.671. The van der Waals surface area contributed by atoms with E-state index in [1.54, 1.807) is 42.5 Å². The van der Waals surface area contributed by atoms with Gasteiger partial charge in [-0.1, -0.05) is 23.7 Å². The highest BCUT2D eigenvalue weighted by atomic mass is 35.5. The van der Waals surface area contributed by atoms with Crippen LogP contribution < -0.4 is 5.32 Å². The topological polar surface area (TPSA) is 92.0 Å². The van der Waals surface area contributed by atoms with Crippen molar-refractivity contribution in [1.82, 2.24) is 9.62 Å². The lowest BCUT2D eigenvalue weighted by atomic mass is 10.2. The molecule has 0 bridgehead atoms. The number of nitrogens with zero attached hydrogens (tertiary/aromatic N) is 2. The van der Waals surface area contributed by atoms with E-state index in [-0.39, 0.29) is 18.0 Å². The number of amides is 1. The van der Waals surface area contributed by atoms with Crippen molar-refractivity contribution in [2.75, 3.05) is 6.54 Å². The molecule has 2 aromatic carbocycles. The van der Waals surface area contributed by atoms with E-state index in [1.165, 1.54) is 6.07 Å². The van der Waals surface area contributed by atoms with Crippen molar-refractivity contribution >= 4 is 39.6 Å². The first-order chi connectivity index (χ1) is 13.9. The molecule has 1 amide bonds. The first-order valence-corrected chi connectivity index (χ1v) is 10.5. The molecule has 1 aliphatic heterocycles. The van der Waals surface area contributed by atoms with Crippen molar-refractivity contribution in [2.24, 2.45) is 4.99 Å². The number of hydrogen-bond acceptors (Lipinski definition) is 5. The summed E-state index contributed by atoms with van der Waals surface area (Å²) in [6.45, 7) is -0.237. The Balaban J connectivity index is 1.38. The van der Waals surface area contributed by atoms with E-state index in [0.29, 0.717) is 22.2 Å². The number of furan rings is 1. The van der Waals surface area contributed by atoms with Gasteiger partial charge < -0.3 is 9.73 Å². The average molecular weight is 430 g/mol. The maximum Gasteiger partial charge on any atom is 0.267 e. The summed E-state index contributed by atoms with van der Waals surface area (Å²) in [7, 11) is -3.81. The fourth-order valence-electron chi connectivity index (χ4n) is 2.85. The Morgan fingerprint density at radius 2 is 1.83 bits per heavy atom. The molecule has 0 radical (unpaired) electrons. The highest BCUT2D eigenvalue weighted by molar-refractivity contribution is 7.89. The minimum atomic E-state index is -3.81. The lowest BCUT2D eigenvalue weighted by Gasteiger charge is -2.23. The van der Waals surface area contributed by atoms with Crippen molar-refractivity contribution in [3.05, 3.63) is 71.4 Å². The van der Waals surface area contributed by atoms with E-state index < -0.39 is 15.9 Å². The lowest BCUT2D eigenvalue weighted by molar-refractivity contribution is -0.121. The molecule has 3 aromatic rings. The van der Waals surface area contributed by atoms with Gasteiger partial charge in [0.15, 0.2) is 0 Å². The van der Waals surface area contributed by atoms with Crippen molar-refractivity contribution in [1.29, 1.82) is 0 Å². The van der Waals surface area contributed by atoms with Crippen LogP contribution in [0.1, 0.15) is 5.76 Å². The second kappa shape index (κ2) is 7.73. The van der Waals surface area contributed by atoms with Crippen LogP contribution in [0.5, 0.6) is 0 Å². The number of benzene rings is 2. The molecular formula is C20H16ClN3O4S. The van der Waals surface area contributed by atoms with Crippen LogP contribution in [0.25, 0.3) is 11.3 Å². The van der Waals surface area contributed by atoms with Gasteiger partial charge in [0.05, 0.1) is 12.2 Å². The number of nitrogens with one attached hydrogen (secondary N) is 1. The Hall–Kier alpha value is -3.10. The Kier molecular flexibility index (Phi) is 5.12. The summed E-state index contributed by atoms with van der Waals surface area (Å²) in [4.78, 5) is 16.4. The molecule has 148 valence electrons. The second-order valence-electron chi connectivity index (χ2n) is 6.31. The van der Waals surface area contributed by atoms with Crippen LogP contribution in [-0.4, -0.2) is 31.5 Å². The number of carbonyl (C=O) groups is 1. The van der Waals surface area contributed by atoms with Gasteiger partial charge in [-0.2, -0.15) is 0 Å². The predicted molar refractivity (Wildman–Crippen MR) is 109 cm³/mol. The average Bonchev–Trinajstić information content (AvgIpc) is 3.18. The first-order valence-electron chi connectivity index (χ1n) is 8.70. The summed E-state index contributed by atoms with van der Waals surface area (Å²) in [6, 6.07) is 17.1. The van der Waals surface area contributed by atoms with Gasteiger partial charge in [-0.3, -0.25) is 4.79 Å². The predicted octanol–water partition coefficient (Wildman–Crippen LogP) is 3.58. The van der Waals surface area contributed by atoms with Gasteiger partial charge in [0.25, 0.3) is 10.0 Å². The summed E-state index contributed by atoms with van der Waals surface area (Å²) < 4.78 is 31.9. The normalized spacial score (nSPS) is 14.4. The summed E-state index contributed by atoms with van der Waals surface area (Å²) in [6.07, 6.45) is 1.16. The Bertz CT molecular complexity index is 1190. The number of sulfonamides is 1. The van der Waals surface area contributed by atoms with E-state index in [9.17, 15) is 13.2 Å². The number of fused-ring (bicyclic) bond motifs is 1. The van der Waals surface area contributed by atoms with Crippen LogP contribution in [0.15, 0.2) is 75.0 Å². The summed E-state index contributed by atoms with van der Waals surface area (Å²) in [5.74, 6) is 0.723. The third kappa shape index (κ3) is 4.03. The standard InChI is InChI=1S/C20H16ClN3O4S/c21-15-7-5-14(6-8-15)18-10-9-16(28-18)11-22-20(25)12-24-13-23-17-3-1-2-4-19(17)29(24,26)27/h1-10,13H,11-12H2,(H,22,25). The van der Waals surface area contributed by atoms with Crippen LogP contribution in [-0.2, 0) is 21.4 Å². The van der Waals surface area contributed by atoms with E-state index in [1.807, 2.05) is 12.1 Å². The maximum atomic E-state index is 12.6. The molecule has 0 spiro atoms. The molecule has 0 fully saturated rings. The number of para-hydroxylation sites is 1. The van der Waals surface area contributed by atoms with Gasteiger partial charge in [-0.15, -0.1) is 0 Å². The summed E-state index contributed by atoms with van der Waals surface area (Å²) >= 11 is 5.88. The molecule has 29 heavy (non-hydrogen) atoms. The SMILES string of the molecule is O=C(CN1C=Nc2ccccc2S1(=O)=O)NCc1ccc(-c2ccc(Cl)cc2)o1.